The number of carbonyl (C=O) groups excluding carboxylic acids is 1. The molecule has 0 unspecified atom stereocenters. The highest BCUT2D eigenvalue weighted by Gasteiger charge is 2.22. The van der Waals surface area contributed by atoms with Gasteiger partial charge in [-0.25, -0.2) is 19.4 Å². The first-order valence-electron chi connectivity index (χ1n) is 11.6. The minimum absolute atomic E-state index is 0.188. The molecule has 10 heteroatoms. The van der Waals surface area contributed by atoms with Crippen molar-refractivity contribution in [3.63, 3.8) is 0 Å². The molecule has 0 atom stereocenters. The fourth-order valence-corrected chi connectivity index (χ4v) is 5.10. The third kappa shape index (κ3) is 5.00. The molecule has 0 spiro atoms. The molecule has 3 heterocycles. The number of urea groups is 1. The van der Waals surface area contributed by atoms with Gasteiger partial charge in [-0.3, -0.25) is 5.32 Å². The molecule has 8 nitrogen and oxygen atoms in total. The maximum atomic E-state index is 13.0. The molecule has 0 aliphatic carbocycles. The van der Waals surface area contributed by atoms with Gasteiger partial charge in [0.25, 0.3) is 0 Å². The van der Waals surface area contributed by atoms with Crippen LogP contribution in [0.3, 0.4) is 0 Å². The molecule has 2 amide bonds. The lowest BCUT2D eigenvalue weighted by atomic mass is 9.92. The van der Waals surface area contributed by atoms with Crippen LogP contribution < -0.4 is 16.4 Å². The summed E-state index contributed by atoms with van der Waals surface area (Å²) in [6.07, 6.45) is 1.44. The maximum Gasteiger partial charge on any atom is 0.324 e. The van der Waals surface area contributed by atoms with E-state index in [1.54, 1.807) is 16.8 Å². The minimum Gasteiger partial charge on any atom is -0.383 e. The summed E-state index contributed by atoms with van der Waals surface area (Å²) >= 11 is 8.10. The Bertz CT molecular complexity index is 1620. The van der Waals surface area contributed by atoms with Gasteiger partial charge in [-0.2, -0.15) is 5.10 Å². The summed E-state index contributed by atoms with van der Waals surface area (Å²) in [7, 11) is 0. The number of amides is 2. The average molecular weight is 532 g/mol. The minimum atomic E-state index is -0.406. The van der Waals surface area contributed by atoms with E-state index < -0.39 is 6.03 Å². The second-order valence-corrected chi connectivity index (χ2v) is 11.0. The van der Waals surface area contributed by atoms with Gasteiger partial charge < -0.3 is 11.1 Å². The van der Waals surface area contributed by atoms with Crippen molar-refractivity contribution in [2.45, 2.75) is 33.1 Å². The first-order chi connectivity index (χ1) is 17.6. The zero-order valence-corrected chi connectivity index (χ0v) is 22.4. The van der Waals surface area contributed by atoms with Crippen molar-refractivity contribution in [3.8, 4) is 16.8 Å². The number of nitrogens with one attached hydrogen (secondary N) is 2. The SMILES string of the molecule is Cc1ccc(-n2nc(C(C)(C)C)cc2NC(=O)Nc2ccc(-c3csc4ncnc(N)c34)c(Cl)c2)cc1. The number of nitrogens with two attached hydrogens (primary N) is 1. The van der Waals surface area contributed by atoms with Crippen LogP contribution in [0.1, 0.15) is 32.0 Å². The molecule has 3 aromatic heterocycles. The summed E-state index contributed by atoms with van der Waals surface area (Å²) in [5.74, 6) is 0.966. The summed E-state index contributed by atoms with van der Waals surface area (Å²) in [6, 6.07) is 14.8. The zero-order valence-electron chi connectivity index (χ0n) is 20.8. The molecule has 37 heavy (non-hydrogen) atoms. The lowest BCUT2D eigenvalue weighted by Crippen LogP contribution is -2.21. The molecule has 5 rings (SSSR count). The highest BCUT2D eigenvalue weighted by atomic mass is 35.5. The van der Waals surface area contributed by atoms with Gasteiger partial charge in [-0.15, -0.1) is 11.3 Å². The van der Waals surface area contributed by atoms with E-state index in [-0.39, 0.29) is 5.41 Å². The predicted octanol–water partition coefficient (Wildman–Crippen LogP) is 7.03. The number of hydrogen-bond acceptors (Lipinski definition) is 6. The molecule has 0 aliphatic rings. The fourth-order valence-electron chi connectivity index (χ4n) is 3.91. The van der Waals surface area contributed by atoms with Crippen molar-refractivity contribution in [1.82, 2.24) is 19.7 Å². The molecule has 0 bridgehead atoms. The summed E-state index contributed by atoms with van der Waals surface area (Å²) in [4.78, 5) is 22.2. The van der Waals surface area contributed by atoms with E-state index in [9.17, 15) is 4.79 Å². The largest absolute Gasteiger partial charge is 0.383 e. The van der Waals surface area contributed by atoms with E-state index in [0.29, 0.717) is 22.3 Å². The Balaban J connectivity index is 1.39. The van der Waals surface area contributed by atoms with Gasteiger partial charge in [0.2, 0.25) is 0 Å². The van der Waals surface area contributed by atoms with Gasteiger partial charge in [0.1, 0.15) is 22.8 Å². The quantitative estimate of drug-likeness (QED) is 0.230. The topological polar surface area (TPSA) is 111 Å². The van der Waals surface area contributed by atoms with E-state index in [1.165, 1.54) is 17.7 Å². The lowest BCUT2D eigenvalue weighted by Gasteiger charge is -2.14. The third-order valence-corrected chi connectivity index (χ3v) is 7.11. The van der Waals surface area contributed by atoms with Crippen LogP contribution >= 0.6 is 22.9 Å². The number of thiophene rings is 1. The number of hydrogen-bond donors (Lipinski definition) is 3. The van der Waals surface area contributed by atoms with E-state index in [2.05, 4.69) is 41.4 Å². The first-order valence-corrected chi connectivity index (χ1v) is 12.9. The fraction of sp³-hybridized carbons (Fsp3) is 0.185. The van der Waals surface area contributed by atoms with Crippen molar-refractivity contribution in [3.05, 3.63) is 76.5 Å². The Kier molecular flexibility index (Phi) is 6.35. The molecule has 5 aromatic rings. The maximum absolute atomic E-state index is 13.0. The van der Waals surface area contributed by atoms with Crippen LogP contribution in [0.15, 0.2) is 60.2 Å². The van der Waals surface area contributed by atoms with Crippen LogP contribution in [0.5, 0.6) is 0 Å². The summed E-state index contributed by atoms with van der Waals surface area (Å²) in [6.45, 7) is 8.27. The third-order valence-electron chi connectivity index (χ3n) is 5.91. The van der Waals surface area contributed by atoms with Crippen LogP contribution in [0.25, 0.3) is 27.0 Å². The highest BCUT2D eigenvalue weighted by molar-refractivity contribution is 7.17. The van der Waals surface area contributed by atoms with Gasteiger partial charge in [-0.05, 0) is 31.2 Å². The normalized spacial score (nSPS) is 11.6. The molecule has 0 radical (unpaired) electrons. The number of benzene rings is 2. The number of rotatable bonds is 4. The van der Waals surface area contributed by atoms with Gasteiger partial charge in [0.15, 0.2) is 0 Å². The number of carbonyl (C=O) groups is 1. The van der Waals surface area contributed by atoms with Crippen molar-refractivity contribution in [2.24, 2.45) is 0 Å². The molecule has 4 N–H and O–H groups in total. The second kappa shape index (κ2) is 9.49. The second-order valence-electron chi connectivity index (χ2n) is 9.77. The number of halogens is 1. The lowest BCUT2D eigenvalue weighted by molar-refractivity contribution is 0.262. The molecule has 0 saturated carbocycles. The molecule has 0 aliphatic heterocycles. The first kappa shape index (κ1) is 24.7. The van der Waals surface area contributed by atoms with Crippen LogP contribution in [0.2, 0.25) is 5.02 Å². The number of fused-ring (bicyclic) bond motifs is 1. The van der Waals surface area contributed by atoms with Crippen molar-refractivity contribution >= 4 is 56.5 Å². The van der Waals surface area contributed by atoms with Crippen LogP contribution in [0.4, 0.5) is 22.1 Å². The van der Waals surface area contributed by atoms with E-state index in [1.807, 2.05) is 48.7 Å². The van der Waals surface area contributed by atoms with Crippen molar-refractivity contribution < 1.29 is 4.79 Å². The number of nitrogen functional groups attached to an aromatic ring is 1. The number of nitrogens with zero attached hydrogens (tertiary/aromatic N) is 4. The molecular formula is C27H26ClN7OS. The van der Waals surface area contributed by atoms with Gasteiger partial charge in [0, 0.05) is 33.7 Å². The van der Waals surface area contributed by atoms with Gasteiger partial charge in [0.05, 0.1) is 21.8 Å². The summed E-state index contributed by atoms with van der Waals surface area (Å²) < 4.78 is 1.74. The molecule has 0 fully saturated rings. The predicted molar refractivity (Wildman–Crippen MR) is 152 cm³/mol. The highest BCUT2D eigenvalue weighted by Crippen LogP contribution is 2.39. The number of aryl methyl sites for hydroxylation is 1. The van der Waals surface area contributed by atoms with Gasteiger partial charge in [-0.1, -0.05) is 56.1 Å². The zero-order chi connectivity index (χ0) is 26.3. The molecular weight excluding hydrogens is 506 g/mol. The average Bonchev–Trinajstić information content (AvgIpc) is 3.45. The Hall–Kier alpha value is -3.95. The molecule has 0 saturated heterocycles. The summed E-state index contributed by atoms with van der Waals surface area (Å²) in [5, 5.41) is 13.8. The van der Waals surface area contributed by atoms with Gasteiger partial charge >= 0.3 is 6.03 Å². The standard InChI is InChI=1S/C27H26ClN7OS/c1-15-5-8-17(9-6-15)35-22(12-21(34-35)27(2,3)4)33-26(36)32-16-7-10-18(20(28)11-16)19-13-37-25-23(19)24(29)30-14-31-25/h5-14H,1-4H3,(H2,29,30,31)(H2,32,33,36). The monoisotopic (exact) mass is 531 g/mol. The van der Waals surface area contributed by atoms with Crippen LogP contribution in [-0.2, 0) is 5.41 Å². The number of anilines is 3. The van der Waals surface area contributed by atoms with Crippen molar-refractivity contribution in [1.29, 1.82) is 0 Å². The van der Waals surface area contributed by atoms with Crippen LogP contribution in [-0.4, -0.2) is 25.8 Å². The van der Waals surface area contributed by atoms with E-state index in [4.69, 9.17) is 22.4 Å². The Morgan fingerprint density at radius 1 is 1.03 bits per heavy atom. The van der Waals surface area contributed by atoms with Crippen molar-refractivity contribution in [2.75, 3.05) is 16.4 Å². The summed E-state index contributed by atoms with van der Waals surface area (Å²) in [5.41, 5.74) is 11.0. The molecule has 2 aromatic carbocycles. The Morgan fingerprint density at radius 2 is 1.78 bits per heavy atom. The Morgan fingerprint density at radius 3 is 2.49 bits per heavy atom. The molecule has 188 valence electrons. The Labute approximate surface area is 223 Å². The van der Waals surface area contributed by atoms with E-state index >= 15 is 0 Å². The smallest absolute Gasteiger partial charge is 0.324 e. The van der Waals surface area contributed by atoms with E-state index in [0.717, 1.165) is 38.3 Å². The number of aromatic nitrogens is 4. The van der Waals surface area contributed by atoms with Crippen LogP contribution in [0, 0.1) is 6.92 Å².